The number of amides is 1. The highest BCUT2D eigenvalue weighted by atomic mass is 16.7. The van der Waals surface area contributed by atoms with Crippen LogP contribution < -0.4 is 4.74 Å². The van der Waals surface area contributed by atoms with Crippen LogP contribution in [-0.2, 0) is 16.0 Å². The molecule has 1 aliphatic heterocycles. The number of nitrogens with zero attached hydrogens (tertiary/aromatic N) is 1. The van der Waals surface area contributed by atoms with Crippen LogP contribution in [-0.4, -0.2) is 31.7 Å². The molecule has 4 nitrogen and oxygen atoms in total. The van der Waals surface area contributed by atoms with Gasteiger partial charge in [-0.25, -0.2) is 5.06 Å². The van der Waals surface area contributed by atoms with Gasteiger partial charge >= 0.3 is 0 Å². The van der Waals surface area contributed by atoms with Gasteiger partial charge in [0.2, 0.25) is 5.91 Å². The number of ether oxygens (including phenoxy) is 1. The molecule has 2 aliphatic rings. The van der Waals surface area contributed by atoms with Crippen molar-refractivity contribution >= 4 is 5.91 Å². The van der Waals surface area contributed by atoms with Crippen LogP contribution in [0.2, 0.25) is 0 Å². The van der Waals surface area contributed by atoms with Gasteiger partial charge in [-0.3, -0.25) is 9.63 Å². The lowest BCUT2D eigenvalue weighted by Gasteiger charge is -2.13. The molecule has 2 atom stereocenters. The Labute approximate surface area is 112 Å². The normalized spacial score (nSPS) is 33.2. The summed E-state index contributed by atoms with van der Waals surface area (Å²) in [5, 5.41) is 1.16. The zero-order valence-electron chi connectivity index (χ0n) is 14.3. The Balaban J connectivity index is 1.94. The number of fused-ring (bicyclic) bond motifs is 1. The Hall–Kier alpha value is -1.55. The van der Waals surface area contributed by atoms with Gasteiger partial charge in [-0.05, 0) is 24.0 Å². The van der Waals surface area contributed by atoms with Crippen molar-refractivity contribution in [3.8, 4) is 5.75 Å². The molecule has 0 aromatic heterocycles. The van der Waals surface area contributed by atoms with Gasteiger partial charge in [0.25, 0.3) is 0 Å². The van der Waals surface area contributed by atoms with Crippen molar-refractivity contribution in [2.24, 2.45) is 5.92 Å². The lowest BCUT2D eigenvalue weighted by Crippen LogP contribution is -2.27. The Bertz CT molecular complexity index is 635. The third-order valence-electron chi connectivity index (χ3n) is 3.49. The summed E-state index contributed by atoms with van der Waals surface area (Å²) in [5.74, 6) is -0.343. The zero-order chi connectivity index (χ0) is 16.3. The molecular weight excluding hydrogens is 230 g/mol. The number of hydroxylamine groups is 2. The second-order valence-corrected chi connectivity index (χ2v) is 4.52. The van der Waals surface area contributed by atoms with E-state index in [9.17, 15) is 4.79 Å². The highest BCUT2D eigenvalue weighted by Gasteiger charge is 2.46. The van der Waals surface area contributed by atoms with Crippen molar-refractivity contribution in [1.29, 1.82) is 0 Å². The molecule has 1 heterocycles. The van der Waals surface area contributed by atoms with E-state index >= 15 is 0 Å². The molecular formula is C14H17NO3. The Kier molecular flexibility index (Phi) is 1.85. The fourth-order valence-electron chi connectivity index (χ4n) is 2.34. The molecule has 0 radical (unpaired) electrons. The van der Waals surface area contributed by atoms with E-state index in [4.69, 9.17) is 15.1 Å². The molecule has 0 N–H and O–H groups in total. The van der Waals surface area contributed by atoms with Crippen molar-refractivity contribution in [3.05, 3.63) is 29.3 Å². The second-order valence-electron chi connectivity index (χ2n) is 4.52. The quantitative estimate of drug-likeness (QED) is 0.768. The van der Waals surface area contributed by atoms with Crippen LogP contribution in [0.3, 0.4) is 0 Å². The maximum absolute atomic E-state index is 12.1. The summed E-state index contributed by atoms with van der Waals surface area (Å²) in [6.07, 6.45) is -1.65. The number of hydrogen-bond acceptors (Lipinski definition) is 3. The fourth-order valence-corrected chi connectivity index (χ4v) is 2.34. The smallest absolute Gasteiger partial charge is 0.249 e. The largest absolute Gasteiger partial charge is 0.493 e. The van der Waals surface area contributed by atoms with Crippen molar-refractivity contribution in [2.75, 3.05) is 20.7 Å². The average Bonchev–Trinajstić information content (AvgIpc) is 3.21. The molecule has 1 aromatic carbocycles. The van der Waals surface area contributed by atoms with Crippen molar-refractivity contribution < 1.29 is 19.9 Å². The molecule has 0 saturated heterocycles. The molecule has 3 rings (SSSR count). The highest BCUT2D eigenvalue weighted by Crippen LogP contribution is 2.51. The van der Waals surface area contributed by atoms with E-state index in [0.717, 1.165) is 5.06 Å². The lowest BCUT2D eigenvalue weighted by atomic mass is 10.00. The lowest BCUT2D eigenvalue weighted by molar-refractivity contribution is -0.170. The molecule has 0 unspecified atom stereocenters. The van der Waals surface area contributed by atoms with Gasteiger partial charge in [-0.2, -0.15) is 0 Å². The first-order valence-electron chi connectivity index (χ1n) is 7.85. The van der Waals surface area contributed by atoms with Gasteiger partial charge in [0.05, 0.1) is 16.4 Å². The maximum atomic E-state index is 12.1. The molecule has 0 spiro atoms. The summed E-state index contributed by atoms with van der Waals surface area (Å²) in [7, 11) is 2.95. The van der Waals surface area contributed by atoms with E-state index < -0.39 is 12.9 Å². The first-order valence-corrected chi connectivity index (χ1v) is 5.85. The maximum Gasteiger partial charge on any atom is 0.249 e. The Morgan fingerprint density at radius 1 is 1.61 bits per heavy atom. The van der Waals surface area contributed by atoms with Gasteiger partial charge < -0.3 is 4.74 Å². The van der Waals surface area contributed by atoms with Gasteiger partial charge in [-0.1, -0.05) is 12.1 Å². The minimum Gasteiger partial charge on any atom is -0.493 e. The number of carbonyl (C=O) groups excluding carboxylic acids is 1. The minimum atomic E-state index is -2.41. The zero-order valence-corrected chi connectivity index (χ0v) is 10.3. The van der Waals surface area contributed by atoms with Gasteiger partial charge in [0.1, 0.15) is 5.75 Å². The third-order valence-corrected chi connectivity index (χ3v) is 3.49. The van der Waals surface area contributed by atoms with Crippen LogP contribution in [0.15, 0.2) is 18.2 Å². The first-order chi connectivity index (χ1) is 10.2. The summed E-state index contributed by atoms with van der Waals surface area (Å²) in [6, 6.07) is 5.00. The van der Waals surface area contributed by atoms with E-state index in [1.54, 1.807) is 18.2 Å². The SMILES string of the molecule is [2H]C1([2H])Oc2cccc([C@@H]3C[C@H]3C(=O)N(C)OC)c2C1([2H])[2H]. The van der Waals surface area contributed by atoms with Crippen LogP contribution >= 0.6 is 0 Å². The topological polar surface area (TPSA) is 38.8 Å². The van der Waals surface area contributed by atoms with Crippen molar-refractivity contribution in [1.82, 2.24) is 5.06 Å². The number of benzene rings is 1. The van der Waals surface area contributed by atoms with Crippen LogP contribution in [0.5, 0.6) is 5.75 Å². The van der Waals surface area contributed by atoms with Crippen LogP contribution in [0, 0.1) is 5.92 Å². The monoisotopic (exact) mass is 251 g/mol. The highest BCUT2D eigenvalue weighted by molar-refractivity contribution is 5.82. The molecule has 4 heteroatoms. The summed E-state index contributed by atoms with van der Waals surface area (Å²) < 4.78 is 36.8. The van der Waals surface area contributed by atoms with E-state index in [1.165, 1.54) is 14.2 Å². The first kappa shape index (κ1) is 7.79. The van der Waals surface area contributed by atoms with Crippen molar-refractivity contribution in [2.45, 2.75) is 18.7 Å². The summed E-state index contributed by atoms with van der Waals surface area (Å²) in [6.45, 7) is -2.41. The number of hydrogen-bond donors (Lipinski definition) is 0. The predicted octanol–water partition coefficient (Wildman–Crippen LogP) is 1.74. The Morgan fingerprint density at radius 2 is 2.44 bits per heavy atom. The van der Waals surface area contributed by atoms with E-state index in [1.807, 2.05) is 0 Å². The van der Waals surface area contributed by atoms with E-state index in [2.05, 4.69) is 0 Å². The Morgan fingerprint density at radius 3 is 3.22 bits per heavy atom. The molecule has 1 aromatic rings. The minimum absolute atomic E-state index is 0.132. The summed E-state index contributed by atoms with van der Waals surface area (Å²) in [5.41, 5.74) is 0.868. The fraction of sp³-hybridized carbons (Fsp3) is 0.500. The van der Waals surface area contributed by atoms with E-state index in [-0.39, 0.29) is 29.1 Å². The molecule has 0 bridgehead atoms. The van der Waals surface area contributed by atoms with Crippen LogP contribution in [0.4, 0.5) is 0 Å². The predicted molar refractivity (Wildman–Crippen MR) is 66.3 cm³/mol. The molecule has 96 valence electrons. The summed E-state index contributed by atoms with van der Waals surface area (Å²) >= 11 is 0. The molecule has 1 aliphatic carbocycles. The van der Waals surface area contributed by atoms with Crippen molar-refractivity contribution in [3.63, 3.8) is 0 Å². The standard InChI is InChI=1S/C14H17NO3/c1-15(17-2)14(16)12-8-11(12)9-4-3-5-13-10(9)6-7-18-13/h3-5,11-12H,6-8H2,1-2H3/t11-,12+/m0/s1/i6D2,7D2. The third kappa shape index (κ3) is 1.77. The molecule has 18 heavy (non-hydrogen) atoms. The van der Waals surface area contributed by atoms with E-state index in [0.29, 0.717) is 12.0 Å². The summed E-state index contributed by atoms with van der Waals surface area (Å²) in [4.78, 5) is 17.0. The van der Waals surface area contributed by atoms with Crippen LogP contribution in [0.25, 0.3) is 0 Å². The van der Waals surface area contributed by atoms with Gasteiger partial charge in [0, 0.05) is 27.6 Å². The average molecular weight is 251 g/mol. The van der Waals surface area contributed by atoms with Gasteiger partial charge in [-0.15, -0.1) is 0 Å². The molecule has 1 saturated carbocycles. The van der Waals surface area contributed by atoms with Crippen LogP contribution in [0.1, 0.15) is 28.9 Å². The number of rotatable bonds is 3. The van der Waals surface area contributed by atoms with Gasteiger partial charge in [0.15, 0.2) is 0 Å². The molecule has 1 amide bonds. The number of carbonyl (C=O) groups is 1. The second kappa shape index (κ2) is 4.28. The molecule has 1 fully saturated rings.